The number of hydrogen-bond acceptors (Lipinski definition) is 3. The first kappa shape index (κ1) is 11.1. The zero-order valence-electron chi connectivity index (χ0n) is 7.53. The van der Waals surface area contributed by atoms with Crippen molar-refractivity contribution in [2.24, 2.45) is 0 Å². The highest BCUT2D eigenvalue weighted by Gasteiger charge is 2.26. The summed E-state index contributed by atoms with van der Waals surface area (Å²) in [7, 11) is 0.142. The van der Waals surface area contributed by atoms with Gasteiger partial charge in [0.15, 0.2) is 0 Å². The molecule has 0 radical (unpaired) electrons. The minimum absolute atomic E-state index is 0.398. The fourth-order valence-corrected chi connectivity index (χ4v) is 1.88. The maximum Gasteiger partial charge on any atom is 0.407 e. The second-order valence-corrected chi connectivity index (χ2v) is 4.29. The predicted molar refractivity (Wildman–Crippen MR) is 44.5 cm³/mol. The number of hydrogen-bond donors (Lipinski definition) is 0. The molecular weight excluding hydrogens is 165 g/mol. The Bertz CT molecular complexity index is 151. The molecule has 0 rings (SSSR count). The van der Waals surface area contributed by atoms with Crippen molar-refractivity contribution in [2.75, 3.05) is 27.3 Å². The molecule has 0 heterocycles. The third-order valence-electron chi connectivity index (χ3n) is 1.40. The Morgan fingerprint density at radius 1 is 1.45 bits per heavy atom. The molecule has 0 fully saturated rings. The molecule has 0 bridgehead atoms. The Kier molecular flexibility index (Phi) is 4.93. The molecule has 0 spiro atoms. The average molecular weight is 181 g/mol. The van der Waals surface area contributed by atoms with E-state index in [1.807, 2.05) is 6.92 Å². The summed E-state index contributed by atoms with van der Waals surface area (Å²) in [6, 6.07) is 0. The highest BCUT2D eigenvalue weighted by molar-refractivity contribution is 7.51. The van der Waals surface area contributed by atoms with Crippen molar-refractivity contribution in [1.29, 1.82) is 0 Å². The number of rotatable bonds is 5. The molecule has 11 heavy (non-hydrogen) atoms. The Morgan fingerprint density at radius 2 is 2.00 bits per heavy atom. The van der Waals surface area contributed by atoms with Gasteiger partial charge in [0.2, 0.25) is 0 Å². The molecule has 0 aromatic heterocycles. The van der Waals surface area contributed by atoms with Gasteiger partial charge in [0.1, 0.15) is 0 Å². The van der Waals surface area contributed by atoms with Gasteiger partial charge in [-0.05, 0) is 14.0 Å². The first-order chi connectivity index (χ1) is 5.10. The fourth-order valence-electron chi connectivity index (χ4n) is 0.627. The van der Waals surface area contributed by atoms with Crippen LogP contribution in [-0.4, -0.2) is 32.0 Å². The SMILES string of the molecule is CCOP(=O)(OC)N(C)CC. The molecule has 0 aliphatic carbocycles. The lowest BCUT2D eigenvalue weighted by atomic mass is 10.8. The molecule has 4 nitrogen and oxygen atoms in total. The van der Waals surface area contributed by atoms with Crippen LogP contribution < -0.4 is 0 Å². The van der Waals surface area contributed by atoms with E-state index in [4.69, 9.17) is 9.05 Å². The van der Waals surface area contributed by atoms with Crippen molar-refractivity contribution in [3.05, 3.63) is 0 Å². The smallest absolute Gasteiger partial charge is 0.300 e. The van der Waals surface area contributed by atoms with Gasteiger partial charge in [-0.25, -0.2) is 9.24 Å². The Morgan fingerprint density at radius 3 is 2.27 bits per heavy atom. The summed E-state index contributed by atoms with van der Waals surface area (Å²) in [5, 5.41) is 0. The van der Waals surface area contributed by atoms with Crippen LogP contribution in [0.3, 0.4) is 0 Å². The van der Waals surface area contributed by atoms with Crippen LogP contribution >= 0.6 is 7.75 Å². The molecule has 0 saturated carbocycles. The Balaban J connectivity index is 4.20. The second kappa shape index (κ2) is 4.88. The maximum absolute atomic E-state index is 11.6. The first-order valence-electron chi connectivity index (χ1n) is 3.62. The highest BCUT2D eigenvalue weighted by Crippen LogP contribution is 2.49. The fraction of sp³-hybridized carbons (Fsp3) is 1.00. The van der Waals surface area contributed by atoms with Crippen molar-refractivity contribution < 1.29 is 13.6 Å². The molecule has 68 valence electrons. The van der Waals surface area contributed by atoms with Gasteiger partial charge in [-0.1, -0.05) is 6.92 Å². The van der Waals surface area contributed by atoms with Crippen molar-refractivity contribution in [3.8, 4) is 0 Å². The minimum Gasteiger partial charge on any atom is -0.300 e. The summed E-state index contributed by atoms with van der Waals surface area (Å²) in [6.07, 6.45) is 0. The van der Waals surface area contributed by atoms with Crippen LogP contribution in [0.4, 0.5) is 0 Å². The van der Waals surface area contributed by atoms with Gasteiger partial charge >= 0.3 is 7.75 Å². The van der Waals surface area contributed by atoms with E-state index in [1.165, 1.54) is 7.11 Å². The van der Waals surface area contributed by atoms with Crippen LogP contribution in [0, 0.1) is 0 Å². The average Bonchev–Trinajstić information content (AvgIpc) is 2.03. The molecule has 1 atom stereocenters. The third-order valence-corrected chi connectivity index (χ3v) is 3.56. The molecule has 0 N–H and O–H groups in total. The lowest BCUT2D eigenvalue weighted by molar-refractivity contribution is 0.199. The van der Waals surface area contributed by atoms with Crippen LogP contribution in [0.5, 0.6) is 0 Å². The lowest BCUT2D eigenvalue weighted by Crippen LogP contribution is -2.17. The molecule has 5 heteroatoms. The molecule has 0 aromatic carbocycles. The third kappa shape index (κ3) is 2.91. The zero-order chi connectivity index (χ0) is 8.91. The molecule has 0 saturated heterocycles. The Hall–Kier alpha value is 0.110. The quantitative estimate of drug-likeness (QED) is 0.605. The van der Waals surface area contributed by atoms with Gasteiger partial charge in [-0.2, -0.15) is 0 Å². The van der Waals surface area contributed by atoms with Gasteiger partial charge in [-0.15, -0.1) is 0 Å². The molecule has 1 unspecified atom stereocenters. The first-order valence-corrected chi connectivity index (χ1v) is 5.12. The molecule has 0 aliphatic heterocycles. The normalized spacial score (nSPS) is 16.8. The van der Waals surface area contributed by atoms with E-state index in [0.29, 0.717) is 13.2 Å². The van der Waals surface area contributed by atoms with Crippen molar-refractivity contribution in [3.63, 3.8) is 0 Å². The summed E-state index contributed by atoms with van der Waals surface area (Å²) in [5.74, 6) is 0. The molecule has 0 aromatic rings. The van der Waals surface area contributed by atoms with Gasteiger partial charge in [0.05, 0.1) is 6.61 Å². The zero-order valence-corrected chi connectivity index (χ0v) is 8.43. The van der Waals surface area contributed by atoms with Crippen LogP contribution in [-0.2, 0) is 13.6 Å². The summed E-state index contributed by atoms with van der Waals surface area (Å²) < 4.78 is 22.9. The predicted octanol–water partition coefficient (Wildman–Crippen LogP) is 1.73. The summed E-state index contributed by atoms with van der Waals surface area (Å²) in [6.45, 7) is 4.72. The number of nitrogens with zero attached hydrogens (tertiary/aromatic N) is 1. The van der Waals surface area contributed by atoms with E-state index in [1.54, 1.807) is 18.6 Å². The molecular formula is C6H16NO3P. The van der Waals surface area contributed by atoms with E-state index in [9.17, 15) is 4.57 Å². The lowest BCUT2D eigenvalue weighted by Gasteiger charge is -2.23. The van der Waals surface area contributed by atoms with Gasteiger partial charge in [0, 0.05) is 13.7 Å². The monoisotopic (exact) mass is 181 g/mol. The topological polar surface area (TPSA) is 38.8 Å². The highest BCUT2D eigenvalue weighted by atomic mass is 31.2. The van der Waals surface area contributed by atoms with Crippen molar-refractivity contribution in [2.45, 2.75) is 13.8 Å². The standard InChI is InChI=1S/C6H16NO3P/c1-5-7(3)11(8,9-4)10-6-2/h5-6H2,1-4H3. The van der Waals surface area contributed by atoms with E-state index in [-0.39, 0.29) is 0 Å². The van der Waals surface area contributed by atoms with Gasteiger partial charge < -0.3 is 0 Å². The van der Waals surface area contributed by atoms with Crippen molar-refractivity contribution >= 4 is 7.75 Å². The van der Waals surface area contributed by atoms with Gasteiger partial charge in [-0.3, -0.25) is 9.05 Å². The van der Waals surface area contributed by atoms with E-state index < -0.39 is 7.75 Å². The maximum atomic E-state index is 11.6. The summed E-state index contributed by atoms with van der Waals surface area (Å²) >= 11 is 0. The van der Waals surface area contributed by atoms with Gasteiger partial charge in [0.25, 0.3) is 0 Å². The van der Waals surface area contributed by atoms with E-state index in [0.717, 1.165) is 0 Å². The second-order valence-electron chi connectivity index (χ2n) is 2.04. The molecule has 0 amide bonds. The van der Waals surface area contributed by atoms with Crippen LogP contribution in [0.1, 0.15) is 13.8 Å². The summed E-state index contributed by atoms with van der Waals surface area (Å²) in [4.78, 5) is 0. The van der Waals surface area contributed by atoms with Crippen LogP contribution in [0.2, 0.25) is 0 Å². The van der Waals surface area contributed by atoms with E-state index >= 15 is 0 Å². The molecule has 0 aliphatic rings. The van der Waals surface area contributed by atoms with Crippen LogP contribution in [0.15, 0.2) is 0 Å². The van der Waals surface area contributed by atoms with Crippen molar-refractivity contribution in [1.82, 2.24) is 4.67 Å². The Labute approximate surface area is 68.1 Å². The minimum atomic E-state index is -2.96. The summed E-state index contributed by atoms with van der Waals surface area (Å²) in [5.41, 5.74) is 0. The van der Waals surface area contributed by atoms with Crippen LogP contribution in [0.25, 0.3) is 0 Å². The largest absolute Gasteiger partial charge is 0.407 e. The van der Waals surface area contributed by atoms with E-state index in [2.05, 4.69) is 0 Å².